The summed E-state index contributed by atoms with van der Waals surface area (Å²) in [5, 5.41) is 1.14. The van der Waals surface area contributed by atoms with E-state index in [1.165, 1.54) is 16.7 Å². The van der Waals surface area contributed by atoms with Gasteiger partial charge in [0.15, 0.2) is 0 Å². The van der Waals surface area contributed by atoms with Gasteiger partial charge in [0, 0.05) is 28.4 Å². The second-order valence-electron chi connectivity index (χ2n) is 4.25. The van der Waals surface area contributed by atoms with Crippen molar-refractivity contribution in [2.75, 3.05) is 0 Å². The first-order valence-electron chi connectivity index (χ1n) is 5.70. The van der Waals surface area contributed by atoms with Crippen LogP contribution in [0.5, 0.6) is 0 Å². The summed E-state index contributed by atoms with van der Waals surface area (Å²) in [6.45, 7) is 2.11. The average molecular weight is 299 g/mol. The maximum atomic E-state index is 4.42. The molecule has 0 saturated carbocycles. The SMILES string of the molecule is Cc1cc2ncc(Br)cc2cc1-c1ccncc1. The van der Waals surface area contributed by atoms with Crippen LogP contribution in [0.2, 0.25) is 0 Å². The Morgan fingerprint density at radius 1 is 1.06 bits per heavy atom. The van der Waals surface area contributed by atoms with Crippen LogP contribution in [0.15, 0.2) is 53.4 Å². The van der Waals surface area contributed by atoms with Crippen molar-refractivity contribution in [2.24, 2.45) is 0 Å². The van der Waals surface area contributed by atoms with E-state index in [1.807, 2.05) is 30.7 Å². The normalized spacial score (nSPS) is 10.8. The van der Waals surface area contributed by atoms with Crippen LogP contribution >= 0.6 is 15.9 Å². The maximum absolute atomic E-state index is 4.42. The second-order valence-corrected chi connectivity index (χ2v) is 5.16. The predicted molar refractivity (Wildman–Crippen MR) is 77.4 cm³/mol. The Kier molecular flexibility index (Phi) is 2.84. The molecule has 0 amide bonds. The molecule has 3 heteroatoms. The number of benzene rings is 1. The molecular weight excluding hydrogens is 288 g/mol. The highest BCUT2D eigenvalue weighted by Crippen LogP contribution is 2.28. The smallest absolute Gasteiger partial charge is 0.0705 e. The Labute approximate surface area is 114 Å². The molecule has 3 aromatic rings. The Balaban J connectivity index is 2.27. The van der Waals surface area contributed by atoms with Gasteiger partial charge in [-0.15, -0.1) is 0 Å². The number of hydrogen-bond acceptors (Lipinski definition) is 2. The number of aryl methyl sites for hydroxylation is 1. The zero-order valence-corrected chi connectivity index (χ0v) is 11.5. The van der Waals surface area contributed by atoms with E-state index < -0.39 is 0 Å². The van der Waals surface area contributed by atoms with Gasteiger partial charge >= 0.3 is 0 Å². The maximum Gasteiger partial charge on any atom is 0.0705 e. The van der Waals surface area contributed by atoms with Crippen LogP contribution in [0.1, 0.15) is 5.56 Å². The summed E-state index contributed by atoms with van der Waals surface area (Å²) < 4.78 is 1.000. The largest absolute Gasteiger partial charge is 0.265 e. The highest BCUT2D eigenvalue weighted by atomic mass is 79.9. The van der Waals surface area contributed by atoms with Crippen molar-refractivity contribution in [3.8, 4) is 11.1 Å². The summed E-state index contributed by atoms with van der Waals surface area (Å²) in [7, 11) is 0. The first-order chi connectivity index (χ1) is 8.74. The highest BCUT2D eigenvalue weighted by molar-refractivity contribution is 9.10. The van der Waals surface area contributed by atoms with Gasteiger partial charge < -0.3 is 0 Å². The summed E-state index contributed by atoms with van der Waals surface area (Å²) in [5.74, 6) is 0. The summed E-state index contributed by atoms with van der Waals surface area (Å²) in [5.41, 5.74) is 4.66. The highest BCUT2D eigenvalue weighted by Gasteiger charge is 2.05. The zero-order chi connectivity index (χ0) is 12.5. The minimum Gasteiger partial charge on any atom is -0.265 e. The van der Waals surface area contributed by atoms with Gasteiger partial charge in [0.1, 0.15) is 0 Å². The van der Waals surface area contributed by atoms with Crippen molar-refractivity contribution in [1.82, 2.24) is 9.97 Å². The van der Waals surface area contributed by atoms with E-state index in [1.54, 1.807) is 0 Å². The molecule has 0 spiro atoms. The van der Waals surface area contributed by atoms with Crippen molar-refractivity contribution in [3.63, 3.8) is 0 Å². The van der Waals surface area contributed by atoms with Crippen LogP contribution in [0, 0.1) is 6.92 Å². The topological polar surface area (TPSA) is 25.8 Å². The third kappa shape index (κ3) is 2.02. The van der Waals surface area contributed by atoms with Gasteiger partial charge in [-0.1, -0.05) is 0 Å². The molecule has 2 aromatic heterocycles. The van der Waals surface area contributed by atoms with Crippen LogP contribution in [0.25, 0.3) is 22.0 Å². The lowest BCUT2D eigenvalue weighted by Crippen LogP contribution is -1.87. The van der Waals surface area contributed by atoms with Crippen molar-refractivity contribution in [3.05, 3.63) is 59.0 Å². The van der Waals surface area contributed by atoms with E-state index in [9.17, 15) is 0 Å². The Morgan fingerprint density at radius 3 is 2.61 bits per heavy atom. The number of halogens is 1. The fourth-order valence-electron chi connectivity index (χ4n) is 2.10. The predicted octanol–water partition coefficient (Wildman–Crippen LogP) is 4.37. The summed E-state index contributed by atoms with van der Waals surface area (Å²) in [4.78, 5) is 8.47. The summed E-state index contributed by atoms with van der Waals surface area (Å²) >= 11 is 3.46. The lowest BCUT2D eigenvalue weighted by molar-refractivity contribution is 1.32. The van der Waals surface area contributed by atoms with Gasteiger partial charge in [0.25, 0.3) is 0 Å². The van der Waals surface area contributed by atoms with Crippen molar-refractivity contribution >= 4 is 26.8 Å². The number of pyridine rings is 2. The minimum absolute atomic E-state index is 1.000. The number of fused-ring (bicyclic) bond motifs is 1. The van der Waals surface area contributed by atoms with Crippen LogP contribution < -0.4 is 0 Å². The molecule has 0 radical (unpaired) electrons. The molecule has 18 heavy (non-hydrogen) atoms. The third-order valence-corrected chi connectivity index (χ3v) is 3.42. The molecule has 1 aromatic carbocycles. The number of nitrogens with zero attached hydrogens (tertiary/aromatic N) is 2. The fourth-order valence-corrected chi connectivity index (χ4v) is 2.45. The summed E-state index contributed by atoms with van der Waals surface area (Å²) in [6.07, 6.45) is 5.46. The van der Waals surface area contributed by atoms with E-state index in [2.05, 4.69) is 51.0 Å². The molecule has 0 N–H and O–H groups in total. The Hall–Kier alpha value is -1.74. The van der Waals surface area contributed by atoms with Gasteiger partial charge in [0.05, 0.1) is 5.52 Å². The lowest BCUT2D eigenvalue weighted by Gasteiger charge is -2.08. The number of aromatic nitrogens is 2. The molecule has 0 fully saturated rings. The number of rotatable bonds is 1. The van der Waals surface area contributed by atoms with Gasteiger partial charge in [0.2, 0.25) is 0 Å². The van der Waals surface area contributed by atoms with E-state index in [0.29, 0.717) is 0 Å². The molecule has 88 valence electrons. The molecule has 0 unspecified atom stereocenters. The molecule has 0 atom stereocenters. The van der Waals surface area contributed by atoms with Gasteiger partial charge in [-0.05, 0) is 69.9 Å². The van der Waals surface area contributed by atoms with E-state index in [0.717, 1.165) is 15.4 Å². The van der Waals surface area contributed by atoms with Crippen LogP contribution in [0.4, 0.5) is 0 Å². The first-order valence-corrected chi connectivity index (χ1v) is 6.49. The molecule has 3 rings (SSSR count). The zero-order valence-electron chi connectivity index (χ0n) is 9.89. The van der Waals surface area contributed by atoms with Gasteiger partial charge in [-0.25, -0.2) is 0 Å². The average Bonchev–Trinajstić information content (AvgIpc) is 2.39. The van der Waals surface area contributed by atoms with Crippen molar-refractivity contribution in [2.45, 2.75) is 6.92 Å². The van der Waals surface area contributed by atoms with Crippen molar-refractivity contribution in [1.29, 1.82) is 0 Å². The van der Waals surface area contributed by atoms with Gasteiger partial charge in [-0.2, -0.15) is 0 Å². The molecule has 0 aliphatic rings. The van der Waals surface area contributed by atoms with Crippen LogP contribution in [-0.4, -0.2) is 9.97 Å². The van der Waals surface area contributed by atoms with Crippen molar-refractivity contribution < 1.29 is 0 Å². The second kappa shape index (κ2) is 4.50. The standard InChI is InChI=1S/C15H11BrN2/c1-10-6-15-12(7-13(16)9-18-15)8-14(10)11-2-4-17-5-3-11/h2-9H,1H3. The molecule has 0 aliphatic heterocycles. The lowest BCUT2D eigenvalue weighted by atomic mass is 9.99. The molecule has 0 aliphatic carbocycles. The monoisotopic (exact) mass is 298 g/mol. The van der Waals surface area contributed by atoms with Crippen LogP contribution in [0.3, 0.4) is 0 Å². The quantitative estimate of drug-likeness (QED) is 0.667. The van der Waals surface area contributed by atoms with Gasteiger partial charge in [-0.3, -0.25) is 9.97 Å². The Morgan fingerprint density at radius 2 is 1.83 bits per heavy atom. The Bertz CT molecular complexity index is 708. The number of hydrogen-bond donors (Lipinski definition) is 0. The molecule has 0 saturated heterocycles. The molecule has 2 heterocycles. The third-order valence-electron chi connectivity index (χ3n) is 2.99. The molecular formula is C15H11BrN2. The van der Waals surface area contributed by atoms with E-state index in [4.69, 9.17) is 0 Å². The first kappa shape index (κ1) is 11.4. The summed E-state index contributed by atoms with van der Waals surface area (Å²) in [6, 6.07) is 10.4. The molecule has 0 bridgehead atoms. The minimum atomic E-state index is 1.000. The molecule has 2 nitrogen and oxygen atoms in total. The van der Waals surface area contributed by atoms with E-state index in [-0.39, 0.29) is 0 Å². The van der Waals surface area contributed by atoms with E-state index >= 15 is 0 Å². The fraction of sp³-hybridized carbons (Fsp3) is 0.0667. The van der Waals surface area contributed by atoms with Crippen LogP contribution in [-0.2, 0) is 0 Å².